The largest absolute Gasteiger partial charge is 0.475 e. The van der Waals surface area contributed by atoms with Gasteiger partial charge in [0.25, 0.3) is 5.91 Å². The SMILES string of the molecule is CC(C)n1c(C(F)(F)F)nc2cc(C(=O)NCc3ccc(C(=O)O)o3)ccc21. The second-order valence-corrected chi connectivity index (χ2v) is 6.35. The Kier molecular flexibility index (Phi) is 4.88. The fraction of sp³-hybridized carbons (Fsp3) is 0.278. The fourth-order valence-electron chi connectivity index (χ4n) is 2.82. The minimum absolute atomic E-state index is 0.0554. The van der Waals surface area contributed by atoms with Crippen molar-refractivity contribution >= 4 is 22.9 Å². The van der Waals surface area contributed by atoms with Gasteiger partial charge in [0.1, 0.15) is 5.76 Å². The Morgan fingerprint density at radius 2 is 1.96 bits per heavy atom. The first-order valence-corrected chi connectivity index (χ1v) is 8.27. The van der Waals surface area contributed by atoms with E-state index in [9.17, 15) is 22.8 Å². The van der Waals surface area contributed by atoms with Gasteiger partial charge in [-0.25, -0.2) is 9.78 Å². The number of aromatic carboxylic acids is 1. The number of fused-ring (bicyclic) bond motifs is 1. The molecule has 7 nitrogen and oxygen atoms in total. The van der Waals surface area contributed by atoms with Crippen molar-refractivity contribution in [3.05, 3.63) is 53.2 Å². The number of aromatic nitrogens is 2. The lowest BCUT2D eigenvalue weighted by Gasteiger charge is -2.14. The monoisotopic (exact) mass is 395 g/mol. The molecule has 1 amide bonds. The second kappa shape index (κ2) is 7.02. The summed E-state index contributed by atoms with van der Waals surface area (Å²) in [5.41, 5.74) is 0.454. The van der Waals surface area contributed by atoms with Crippen LogP contribution in [0.3, 0.4) is 0 Å². The molecular weight excluding hydrogens is 379 g/mol. The van der Waals surface area contributed by atoms with Crippen molar-refractivity contribution in [3.63, 3.8) is 0 Å². The van der Waals surface area contributed by atoms with Gasteiger partial charge in [-0.2, -0.15) is 13.2 Å². The first-order chi connectivity index (χ1) is 13.1. The maximum absolute atomic E-state index is 13.3. The van der Waals surface area contributed by atoms with Gasteiger partial charge in [-0.3, -0.25) is 4.79 Å². The number of alkyl halides is 3. The van der Waals surface area contributed by atoms with Crippen LogP contribution in [-0.2, 0) is 12.7 Å². The smallest absolute Gasteiger partial charge is 0.449 e. The van der Waals surface area contributed by atoms with Gasteiger partial charge in [0.2, 0.25) is 11.6 Å². The predicted octanol–water partition coefficient (Wildman–Crippen LogP) is 3.86. The topological polar surface area (TPSA) is 97.4 Å². The van der Waals surface area contributed by atoms with Crippen molar-refractivity contribution in [3.8, 4) is 0 Å². The van der Waals surface area contributed by atoms with E-state index in [1.807, 2.05) is 0 Å². The first kappa shape index (κ1) is 19.5. The zero-order chi connectivity index (χ0) is 20.6. The Labute approximate surface area is 156 Å². The number of halogens is 3. The molecule has 2 aromatic heterocycles. The highest BCUT2D eigenvalue weighted by molar-refractivity contribution is 5.97. The molecule has 10 heteroatoms. The normalized spacial score (nSPS) is 11.9. The van der Waals surface area contributed by atoms with Crippen LogP contribution in [0.5, 0.6) is 0 Å². The molecular formula is C18H16F3N3O4. The van der Waals surface area contributed by atoms with E-state index in [4.69, 9.17) is 9.52 Å². The lowest BCUT2D eigenvalue weighted by atomic mass is 10.2. The van der Waals surface area contributed by atoms with Crippen LogP contribution in [0.25, 0.3) is 11.0 Å². The van der Waals surface area contributed by atoms with Crippen LogP contribution >= 0.6 is 0 Å². The molecule has 0 aliphatic rings. The summed E-state index contributed by atoms with van der Waals surface area (Å²) in [6.07, 6.45) is -4.62. The molecule has 0 bridgehead atoms. The Balaban J connectivity index is 1.85. The van der Waals surface area contributed by atoms with E-state index in [2.05, 4.69) is 10.3 Å². The number of furan rings is 1. The van der Waals surface area contributed by atoms with Crippen molar-refractivity contribution in [2.75, 3.05) is 0 Å². The van der Waals surface area contributed by atoms with Gasteiger partial charge in [0.05, 0.1) is 17.6 Å². The Morgan fingerprint density at radius 3 is 2.54 bits per heavy atom. The summed E-state index contributed by atoms with van der Waals surface area (Å²) in [7, 11) is 0. The quantitative estimate of drug-likeness (QED) is 0.684. The number of benzene rings is 1. The second-order valence-electron chi connectivity index (χ2n) is 6.35. The summed E-state index contributed by atoms with van der Waals surface area (Å²) in [5, 5.41) is 11.3. The molecule has 28 heavy (non-hydrogen) atoms. The number of hydrogen-bond acceptors (Lipinski definition) is 4. The average molecular weight is 395 g/mol. The van der Waals surface area contributed by atoms with E-state index < -0.39 is 29.9 Å². The number of carboxylic acid groups (broad SMARTS) is 1. The van der Waals surface area contributed by atoms with Crippen molar-refractivity contribution in [2.24, 2.45) is 0 Å². The summed E-state index contributed by atoms with van der Waals surface area (Å²) in [5.74, 6) is -2.83. The van der Waals surface area contributed by atoms with Crippen LogP contribution in [0.15, 0.2) is 34.7 Å². The molecule has 0 radical (unpaired) electrons. The van der Waals surface area contributed by atoms with Gasteiger partial charge < -0.3 is 19.4 Å². The highest BCUT2D eigenvalue weighted by atomic mass is 19.4. The minimum atomic E-state index is -4.62. The van der Waals surface area contributed by atoms with Crippen LogP contribution < -0.4 is 5.32 Å². The number of rotatable bonds is 5. The first-order valence-electron chi connectivity index (χ1n) is 8.27. The molecule has 2 heterocycles. The number of nitrogens with one attached hydrogen (secondary N) is 1. The summed E-state index contributed by atoms with van der Waals surface area (Å²) >= 11 is 0. The van der Waals surface area contributed by atoms with Crippen LogP contribution in [-0.4, -0.2) is 26.5 Å². The summed E-state index contributed by atoms with van der Waals surface area (Å²) < 4.78 is 45.9. The third-order valence-corrected chi connectivity index (χ3v) is 4.02. The molecule has 0 saturated carbocycles. The van der Waals surface area contributed by atoms with E-state index in [-0.39, 0.29) is 34.7 Å². The van der Waals surface area contributed by atoms with Crippen LogP contribution in [0.1, 0.15) is 52.4 Å². The maximum Gasteiger partial charge on any atom is 0.449 e. The van der Waals surface area contributed by atoms with E-state index in [0.717, 1.165) is 4.57 Å². The molecule has 0 aliphatic carbocycles. The number of carbonyl (C=O) groups excluding carboxylic acids is 1. The maximum atomic E-state index is 13.3. The standard InChI is InChI=1S/C18H16F3N3O4/c1-9(2)24-13-5-3-10(7-12(13)23-17(24)18(19,20)21)15(25)22-8-11-4-6-14(28-11)16(26)27/h3-7,9H,8H2,1-2H3,(H,22,25)(H,26,27). The molecule has 3 rings (SSSR count). The van der Waals surface area contributed by atoms with Crippen LogP contribution in [0, 0.1) is 0 Å². The Morgan fingerprint density at radius 1 is 1.25 bits per heavy atom. The van der Waals surface area contributed by atoms with Gasteiger partial charge >= 0.3 is 12.1 Å². The Hall–Kier alpha value is -3.30. The summed E-state index contributed by atoms with van der Waals surface area (Å²) in [6, 6.07) is 6.30. The van der Waals surface area contributed by atoms with E-state index in [1.165, 1.54) is 30.3 Å². The third kappa shape index (κ3) is 3.71. The van der Waals surface area contributed by atoms with Crippen molar-refractivity contribution in [1.29, 1.82) is 0 Å². The molecule has 3 aromatic rings. The molecule has 0 saturated heterocycles. The molecule has 1 aromatic carbocycles. The zero-order valence-electron chi connectivity index (χ0n) is 14.9. The van der Waals surface area contributed by atoms with Crippen LogP contribution in [0.2, 0.25) is 0 Å². The van der Waals surface area contributed by atoms with Gasteiger partial charge in [-0.15, -0.1) is 0 Å². The molecule has 0 spiro atoms. The highest BCUT2D eigenvalue weighted by Gasteiger charge is 2.38. The third-order valence-electron chi connectivity index (χ3n) is 4.02. The lowest BCUT2D eigenvalue weighted by molar-refractivity contribution is -0.147. The van der Waals surface area contributed by atoms with Crippen molar-refractivity contribution in [1.82, 2.24) is 14.9 Å². The van der Waals surface area contributed by atoms with E-state index in [1.54, 1.807) is 13.8 Å². The molecule has 0 fully saturated rings. The number of amides is 1. The molecule has 2 N–H and O–H groups in total. The fourth-order valence-corrected chi connectivity index (χ4v) is 2.82. The van der Waals surface area contributed by atoms with Gasteiger partial charge in [0.15, 0.2) is 0 Å². The lowest BCUT2D eigenvalue weighted by Crippen LogP contribution is -2.22. The van der Waals surface area contributed by atoms with Gasteiger partial charge in [-0.05, 0) is 44.2 Å². The zero-order valence-corrected chi connectivity index (χ0v) is 14.9. The molecule has 0 unspecified atom stereocenters. The molecule has 148 valence electrons. The van der Waals surface area contributed by atoms with Gasteiger partial charge in [-0.1, -0.05) is 0 Å². The number of imidazole rings is 1. The molecule has 0 atom stereocenters. The number of hydrogen-bond donors (Lipinski definition) is 2. The summed E-state index contributed by atoms with van der Waals surface area (Å²) in [6.45, 7) is 3.16. The highest BCUT2D eigenvalue weighted by Crippen LogP contribution is 2.33. The minimum Gasteiger partial charge on any atom is -0.475 e. The molecule has 0 aliphatic heterocycles. The van der Waals surface area contributed by atoms with Gasteiger partial charge in [0, 0.05) is 11.6 Å². The van der Waals surface area contributed by atoms with E-state index >= 15 is 0 Å². The predicted molar refractivity (Wildman–Crippen MR) is 92.0 cm³/mol. The average Bonchev–Trinajstić information content (AvgIpc) is 3.23. The Bertz CT molecular complexity index is 1050. The van der Waals surface area contributed by atoms with Crippen molar-refractivity contribution < 1.29 is 32.3 Å². The number of carbonyl (C=O) groups is 2. The summed E-state index contributed by atoms with van der Waals surface area (Å²) in [4.78, 5) is 26.7. The van der Waals surface area contributed by atoms with Crippen LogP contribution in [0.4, 0.5) is 13.2 Å². The number of nitrogens with zero attached hydrogens (tertiary/aromatic N) is 2. The van der Waals surface area contributed by atoms with Crippen molar-refractivity contribution in [2.45, 2.75) is 32.6 Å². The number of carboxylic acids is 1. The van der Waals surface area contributed by atoms with E-state index in [0.29, 0.717) is 0 Å².